The molecule has 4 rings (SSSR count). The third-order valence-electron chi connectivity index (χ3n) is 6.10. The second-order valence-electron chi connectivity index (χ2n) is 8.42. The molecule has 0 aliphatic carbocycles. The molecule has 1 amide bonds. The van der Waals surface area contributed by atoms with E-state index in [1.165, 1.54) is 12.3 Å². The first-order valence-corrected chi connectivity index (χ1v) is 11.7. The molecule has 3 aromatic rings. The number of rotatable bonds is 10. The van der Waals surface area contributed by atoms with Crippen molar-refractivity contribution in [3.8, 4) is 0 Å². The SMILES string of the molecule is C[C@H](c1ccccc1)N(Cc1nc(C(=O)NCCN2CCOCC2)co1)Cc1ccccc1F. The van der Waals surface area contributed by atoms with Crippen molar-refractivity contribution < 1.29 is 18.3 Å². The summed E-state index contributed by atoms with van der Waals surface area (Å²) in [7, 11) is 0. The highest BCUT2D eigenvalue weighted by atomic mass is 19.1. The molecule has 2 aromatic carbocycles. The van der Waals surface area contributed by atoms with E-state index >= 15 is 0 Å². The molecule has 8 heteroatoms. The van der Waals surface area contributed by atoms with E-state index in [-0.39, 0.29) is 23.5 Å². The minimum Gasteiger partial charge on any atom is -0.447 e. The van der Waals surface area contributed by atoms with Crippen molar-refractivity contribution in [1.82, 2.24) is 20.1 Å². The van der Waals surface area contributed by atoms with Gasteiger partial charge in [-0.2, -0.15) is 0 Å². The first-order chi connectivity index (χ1) is 16.6. The molecule has 0 bridgehead atoms. The number of carbonyl (C=O) groups excluding carboxylic acids is 1. The van der Waals surface area contributed by atoms with E-state index in [9.17, 15) is 9.18 Å². The number of carbonyl (C=O) groups is 1. The highest BCUT2D eigenvalue weighted by Crippen LogP contribution is 2.25. The zero-order valence-electron chi connectivity index (χ0n) is 19.5. The van der Waals surface area contributed by atoms with E-state index in [0.717, 1.165) is 38.4 Å². The van der Waals surface area contributed by atoms with E-state index in [1.807, 2.05) is 36.4 Å². The van der Waals surface area contributed by atoms with E-state index in [4.69, 9.17) is 9.15 Å². The average molecular weight is 467 g/mol. The van der Waals surface area contributed by atoms with E-state index in [0.29, 0.717) is 31.1 Å². The Balaban J connectivity index is 1.40. The fraction of sp³-hybridized carbons (Fsp3) is 0.385. The number of aromatic nitrogens is 1. The van der Waals surface area contributed by atoms with Crippen LogP contribution < -0.4 is 5.32 Å². The fourth-order valence-electron chi connectivity index (χ4n) is 4.02. The summed E-state index contributed by atoms with van der Waals surface area (Å²) in [5.74, 6) is -0.0991. The van der Waals surface area contributed by atoms with Crippen LogP contribution in [0, 0.1) is 5.82 Å². The first kappa shape index (κ1) is 24.1. The second-order valence-corrected chi connectivity index (χ2v) is 8.42. The second kappa shape index (κ2) is 11.9. The van der Waals surface area contributed by atoms with Gasteiger partial charge in [-0.25, -0.2) is 9.37 Å². The molecule has 1 atom stereocenters. The summed E-state index contributed by atoms with van der Waals surface area (Å²) in [5.41, 5.74) is 1.94. The number of benzene rings is 2. The van der Waals surface area contributed by atoms with Crippen LogP contribution in [0.4, 0.5) is 4.39 Å². The van der Waals surface area contributed by atoms with Gasteiger partial charge in [0.1, 0.15) is 12.1 Å². The highest BCUT2D eigenvalue weighted by Gasteiger charge is 2.21. The number of morpholine rings is 1. The van der Waals surface area contributed by atoms with Gasteiger partial charge in [-0.1, -0.05) is 48.5 Å². The third-order valence-corrected chi connectivity index (χ3v) is 6.10. The van der Waals surface area contributed by atoms with Crippen LogP contribution in [0.2, 0.25) is 0 Å². The van der Waals surface area contributed by atoms with Gasteiger partial charge in [-0.15, -0.1) is 0 Å². The molecule has 1 aliphatic heterocycles. The lowest BCUT2D eigenvalue weighted by Gasteiger charge is -2.28. The van der Waals surface area contributed by atoms with Crippen molar-refractivity contribution in [3.05, 3.63) is 89.4 Å². The number of hydrogen-bond donors (Lipinski definition) is 1. The quantitative estimate of drug-likeness (QED) is 0.492. The normalized spacial score (nSPS) is 15.4. The van der Waals surface area contributed by atoms with Crippen molar-refractivity contribution >= 4 is 5.91 Å². The Kier molecular flexibility index (Phi) is 8.41. The Hall–Kier alpha value is -3.07. The number of amides is 1. The molecular weight excluding hydrogens is 435 g/mol. The topological polar surface area (TPSA) is 70.8 Å². The summed E-state index contributed by atoms with van der Waals surface area (Å²) in [5, 5.41) is 2.90. The Bertz CT molecular complexity index is 1050. The summed E-state index contributed by atoms with van der Waals surface area (Å²) >= 11 is 0. The van der Waals surface area contributed by atoms with Gasteiger partial charge >= 0.3 is 0 Å². The first-order valence-electron chi connectivity index (χ1n) is 11.7. The van der Waals surface area contributed by atoms with Crippen molar-refractivity contribution in [2.75, 3.05) is 39.4 Å². The molecule has 1 aromatic heterocycles. The molecule has 0 unspecified atom stereocenters. The molecule has 2 heterocycles. The Morgan fingerprint density at radius 3 is 2.62 bits per heavy atom. The minimum atomic E-state index is -0.264. The van der Waals surface area contributed by atoms with Gasteiger partial charge in [-0.3, -0.25) is 14.6 Å². The van der Waals surface area contributed by atoms with Crippen LogP contribution in [0.3, 0.4) is 0 Å². The van der Waals surface area contributed by atoms with Crippen LogP contribution >= 0.6 is 0 Å². The average Bonchev–Trinajstić information content (AvgIpc) is 3.34. The van der Waals surface area contributed by atoms with Gasteiger partial charge in [0, 0.05) is 44.3 Å². The lowest BCUT2D eigenvalue weighted by atomic mass is 10.1. The molecule has 0 spiro atoms. The number of oxazole rings is 1. The number of halogens is 1. The Morgan fingerprint density at radius 1 is 1.12 bits per heavy atom. The zero-order valence-corrected chi connectivity index (χ0v) is 19.5. The van der Waals surface area contributed by atoms with Gasteiger partial charge in [0.05, 0.1) is 19.8 Å². The van der Waals surface area contributed by atoms with Crippen LogP contribution in [0.25, 0.3) is 0 Å². The smallest absolute Gasteiger partial charge is 0.273 e. The van der Waals surface area contributed by atoms with Crippen molar-refractivity contribution in [2.24, 2.45) is 0 Å². The summed E-state index contributed by atoms with van der Waals surface area (Å²) < 4.78 is 25.4. The minimum absolute atomic E-state index is 0.0153. The fourth-order valence-corrected chi connectivity index (χ4v) is 4.02. The Morgan fingerprint density at radius 2 is 1.85 bits per heavy atom. The van der Waals surface area contributed by atoms with Crippen molar-refractivity contribution in [2.45, 2.75) is 26.1 Å². The molecule has 7 nitrogen and oxygen atoms in total. The number of nitrogens with one attached hydrogen (secondary N) is 1. The van der Waals surface area contributed by atoms with E-state index < -0.39 is 0 Å². The van der Waals surface area contributed by atoms with Crippen molar-refractivity contribution in [1.29, 1.82) is 0 Å². The number of ether oxygens (including phenoxy) is 1. The van der Waals surface area contributed by atoms with Gasteiger partial charge < -0.3 is 14.5 Å². The summed E-state index contributed by atoms with van der Waals surface area (Å²) in [6, 6.07) is 16.8. The summed E-state index contributed by atoms with van der Waals surface area (Å²) in [6.45, 7) is 7.30. The van der Waals surface area contributed by atoms with Crippen molar-refractivity contribution in [3.63, 3.8) is 0 Å². The summed E-state index contributed by atoms with van der Waals surface area (Å²) in [4.78, 5) is 21.3. The standard InChI is InChI=1S/C26H31FN4O3/c1-20(21-7-3-2-4-8-21)31(17-22-9-5-6-10-23(22)27)18-25-29-24(19-34-25)26(32)28-11-12-30-13-15-33-16-14-30/h2-10,19-20H,11-18H2,1H3,(H,28,32)/t20-/m1/s1. The summed E-state index contributed by atoms with van der Waals surface area (Å²) in [6.07, 6.45) is 1.38. The maximum absolute atomic E-state index is 14.4. The van der Waals surface area contributed by atoms with Crippen LogP contribution in [0.1, 0.15) is 40.5 Å². The predicted octanol–water partition coefficient (Wildman–Crippen LogP) is 3.64. The lowest BCUT2D eigenvalue weighted by Crippen LogP contribution is -2.41. The maximum atomic E-state index is 14.4. The molecule has 34 heavy (non-hydrogen) atoms. The molecule has 1 saturated heterocycles. The maximum Gasteiger partial charge on any atom is 0.273 e. The van der Waals surface area contributed by atoms with Gasteiger partial charge in [0.15, 0.2) is 5.69 Å². The largest absolute Gasteiger partial charge is 0.447 e. The molecule has 1 N–H and O–H groups in total. The van der Waals surface area contributed by atoms with E-state index in [1.54, 1.807) is 12.1 Å². The molecule has 0 radical (unpaired) electrons. The molecular formula is C26H31FN4O3. The lowest BCUT2D eigenvalue weighted by molar-refractivity contribution is 0.0383. The number of hydrogen-bond acceptors (Lipinski definition) is 6. The van der Waals surface area contributed by atoms with Crippen LogP contribution in [-0.2, 0) is 17.8 Å². The molecule has 0 saturated carbocycles. The van der Waals surface area contributed by atoms with Crippen LogP contribution in [-0.4, -0.2) is 60.1 Å². The van der Waals surface area contributed by atoms with Crippen LogP contribution in [0.15, 0.2) is 65.3 Å². The predicted molar refractivity (Wildman–Crippen MR) is 127 cm³/mol. The number of nitrogens with zero attached hydrogens (tertiary/aromatic N) is 3. The van der Waals surface area contributed by atoms with Gasteiger partial charge in [-0.05, 0) is 18.6 Å². The van der Waals surface area contributed by atoms with Gasteiger partial charge in [0.2, 0.25) is 5.89 Å². The van der Waals surface area contributed by atoms with Gasteiger partial charge in [0.25, 0.3) is 5.91 Å². The molecule has 1 aliphatic rings. The van der Waals surface area contributed by atoms with E-state index in [2.05, 4.69) is 27.0 Å². The monoisotopic (exact) mass is 466 g/mol. The zero-order chi connectivity index (χ0) is 23.8. The molecule has 180 valence electrons. The Labute approximate surface area is 199 Å². The van der Waals surface area contributed by atoms with Crippen LogP contribution in [0.5, 0.6) is 0 Å². The molecule has 1 fully saturated rings. The third kappa shape index (κ3) is 6.50. The highest BCUT2D eigenvalue weighted by molar-refractivity contribution is 5.91.